The van der Waals surface area contributed by atoms with E-state index in [1.165, 1.54) is 44.5 Å². The number of amides is 1. The number of nitrogens with zero attached hydrogens (tertiary/aromatic N) is 2. The van der Waals surface area contributed by atoms with Crippen LogP contribution in [0.2, 0.25) is 0 Å². The van der Waals surface area contributed by atoms with Gasteiger partial charge in [-0.1, -0.05) is 6.42 Å². The van der Waals surface area contributed by atoms with Crippen molar-refractivity contribution in [3.63, 3.8) is 0 Å². The number of nitrogens with one attached hydrogen (secondary N) is 3. The normalized spacial score (nSPS) is 31.9. The van der Waals surface area contributed by atoms with Crippen LogP contribution >= 0.6 is 24.8 Å². The third-order valence-electron chi connectivity index (χ3n) is 7.02. The van der Waals surface area contributed by atoms with Crippen molar-refractivity contribution < 1.29 is 4.79 Å². The van der Waals surface area contributed by atoms with Crippen LogP contribution in [0, 0.1) is 11.8 Å². The van der Waals surface area contributed by atoms with E-state index >= 15 is 0 Å². The molecule has 0 aromatic carbocycles. The molecule has 3 N–H and O–H groups in total. The van der Waals surface area contributed by atoms with Gasteiger partial charge in [-0.3, -0.25) is 14.8 Å². The van der Waals surface area contributed by atoms with E-state index in [0.717, 1.165) is 43.8 Å². The first-order valence-electron chi connectivity index (χ1n) is 10.1. The lowest BCUT2D eigenvalue weighted by Crippen LogP contribution is -2.65. The van der Waals surface area contributed by atoms with Crippen LogP contribution in [0.15, 0.2) is 0 Å². The molecule has 3 aliphatic heterocycles. The maximum Gasteiger partial charge on any atom is 0.272 e. The molecule has 27 heavy (non-hydrogen) atoms. The molecule has 4 aliphatic rings. The fourth-order valence-corrected chi connectivity index (χ4v) is 5.84. The van der Waals surface area contributed by atoms with E-state index in [9.17, 15) is 4.79 Å². The number of fused-ring (bicyclic) bond motifs is 5. The minimum atomic E-state index is 0. The van der Waals surface area contributed by atoms with Crippen molar-refractivity contribution in [2.75, 3.05) is 26.2 Å². The van der Waals surface area contributed by atoms with Crippen molar-refractivity contribution in [2.45, 2.75) is 57.0 Å². The lowest BCUT2D eigenvalue weighted by molar-refractivity contribution is -0.0371. The number of rotatable bonds is 3. The first-order chi connectivity index (χ1) is 12.3. The first-order valence-corrected chi connectivity index (χ1v) is 10.1. The van der Waals surface area contributed by atoms with E-state index in [0.29, 0.717) is 23.7 Å². The summed E-state index contributed by atoms with van der Waals surface area (Å²) in [5.74, 6) is 1.48. The van der Waals surface area contributed by atoms with Gasteiger partial charge < -0.3 is 10.6 Å². The monoisotopic (exact) mass is 415 g/mol. The molecule has 8 heteroatoms. The molecule has 4 atom stereocenters. The van der Waals surface area contributed by atoms with Crippen LogP contribution in [0.4, 0.5) is 0 Å². The zero-order chi connectivity index (χ0) is 16.8. The number of carbonyl (C=O) groups is 1. The molecule has 4 heterocycles. The van der Waals surface area contributed by atoms with Crippen molar-refractivity contribution in [1.29, 1.82) is 0 Å². The van der Waals surface area contributed by atoms with Crippen LogP contribution in [0.5, 0.6) is 0 Å². The van der Waals surface area contributed by atoms with Crippen LogP contribution in [0.3, 0.4) is 0 Å². The van der Waals surface area contributed by atoms with Crippen molar-refractivity contribution in [3.8, 4) is 0 Å². The number of aromatic amines is 1. The molecule has 0 saturated carbocycles. The van der Waals surface area contributed by atoms with Gasteiger partial charge in [0.2, 0.25) is 0 Å². The second-order valence-electron chi connectivity index (χ2n) is 8.38. The number of carbonyl (C=O) groups excluding carboxylic acids is 1. The minimum Gasteiger partial charge on any atom is -0.349 e. The predicted octanol–water partition coefficient (Wildman–Crippen LogP) is 1.93. The van der Waals surface area contributed by atoms with Crippen molar-refractivity contribution >= 4 is 30.7 Å². The summed E-state index contributed by atoms with van der Waals surface area (Å²) in [5, 5.41) is 14.2. The summed E-state index contributed by atoms with van der Waals surface area (Å²) in [4.78, 5) is 15.4. The number of piperidine rings is 3. The highest BCUT2D eigenvalue weighted by atomic mass is 35.5. The fraction of sp³-hybridized carbons (Fsp3) is 0.789. The molecule has 5 rings (SSSR count). The van der Waals surface area contributed by atoms with Crippen LogP contribution in [-0.2, 0) is 12.8 Å². The molecule has 6 nitrogen and oxygen atoms in total. The molecular weight excluding hydrogens is 385 g/mol. The van der Waals surface area contributed by atoms with Crippen LogP contribution in [-0.4, -0.2) is 59.3 Å². The van der Waals surface area contributed by atoms with Gasteiger partial charge in [-0.2, -0.15) is 5.10 Å². The zero-order valence-electron chi connectivity index (χ0n) is 15.7. The zero-order valence-corrected chi connectivity index (χ0v) is 17.3. The minimum absolute atomic E-state index is 0. The summed E-state index contributed by atoms with van der Waals surface area (Å²) < 4.78 is 0. The Balaban J connectivity index is 0.00000105. The number of hydrogen-bond donors (Lipinski definition) is 3. The second-order valence-corrected chi connectivity index (χ2v) is 8.38. The Kier molecular flexibility index (Phi) is 6.72. The predicted molar refractivity (Wildman–Crippen MR) is 110 cm³/mol. The number of halogens is 2. The second kappa shape index (κ2) is 8.68. The van der Waals surface area contributed by atoms with E-state index in [1.807, 2.05) is 0 Å². The van der Waals surface area contributed by atoms with Crippen LogP contribution < -0.4 is 10.6 Å². The van der Waals surface area contributed by atoms with E-state index < -0.39 is 0 Å². The van der Waals surface area contributed by atoms with Gasteiger partial charge in [0.05, 0.1) is 0 Å². The van der Waals surface area contributed by atoms with Gasteiger partial charge in [-0.15, -0.1) is 24.8 Å². The molecular formula is C19H31Cl2N5O. The summed E-state index contributed by atoms with van der Waals surface area (Å²) in [5.41, 5.74) is 2.95. The van der Waals surface area contributed by atoms with Crippen molar-refractivity contribution in [1.82, 2.24) is 25.7 Å². The van der Waals surface area contributed by atoms with Gasteiger partial charge in [0.25, 0.3) is 5.91 Å². The highest BCUT2D eigenvalue weighted by Crippen LogP contribution is 2.38. The maximum absolute atomic E-state index is 12.7. The topological polar surface area (TPSA) is 73.1 Å². The Morgan fingerprint density at radius 3 is 2.89 bits per heavy atom. The smallest absolute Gasteiger partial charge is 0.272 e. The number of aryl methyl sites for hydroxylation is 1. The highest BCUT2D eigenvalue weighted by molar-refractivity contribution is 5.94. The molecule has 1 aromatic rings. The summed E-state index contributed by atoms with van der Waals surface area (Å²) in [6.45, 7) is 4.24. The highest BCUT2D eigenvalue weighted by Gasteiger charge is 2.45. The molecule has 3 saturated heterocycles. The summed E-state index contributed by atoms with van der Waals surface area (Å²) in [7, 11) is 0. The maximum atomic E-state index is 12.7. The molecule has 0 unspecified atom stereocenters. The van der Waals surface area contributed by atoms with Crippen LogP contribution in [0.1, 0.15) is 53.8 Å². The van der Waals surface area contributed by atoms with Gasteiger partial charge in [0.15, 0.2) is 5.69 Å². The lowest BCUT2D eigenvalue weighted by atomic mass is 9.73. The van der Waals surface area contributed by atoms with Gasteiger partial charge in [0, 0.05) is 29.9 Å². The average Bonchev–Trinajstić information content (AvgIpc) is 3.25. The lowest BCUT2D eigenvalue weighted by Gasteiger charge is -2.55. The quantitative estimate of drug-likeness (QED) is 0.704. The Labute approximate surface area is 173 Å². The van der Waals surface area contributed by atoms with E-state index in [4.69, 9.17) is 0 Å². The standard InChI is InChI=1S/C19H29N5O.2ClH/c25-19(18-14-4-3-5-15(14)22-23-18)21-11-17-13-8-12(9-20-10-13)16-6-1-2-7-24(16)17;;/h12-13,16-17,20H,1-11H2,(H,21,25)(H,22,23);2*1H/t12-,13+,16+,17+;;/m1../s1. The first kappa shape index (κ1) is 20.9. The third-order valence-corrected chi connectivity index (χ3v) is 7.02. The summed E-state index contributed by atoms with van der Waals surface area (Å²) in [6, 6.07) is 1.19. The Hall–Kier alpha value is -0.820. The van der Waals surface area contributed by atoms with Gasteiger partial charge >= 0.3 is 0 Å². The van der Waals surface area contributed by atoms with E-state index in [-0.39, 0.29) is 30.7 Å². The van der Waals surface area contributed by atoms with Gasteiger partial charge in [-0.05, 0) is 70.0 Å². The Morgan fingerprint density at radius 1 is 1.15 bits per heavy atom. The molecule has 152 valence electrons. The van der Waals surface area contributed by atoms with E-state index in [1.54, 1.807) is 0 Å². The van der Waals surface area contributed by atoms with Crippen molar-refractivity contribution in [2.24, 2.45) is 11.8 Å². The summed E-state index contributed by atoms with van der Waals surface area (Å²) in [6.07, 6.45) is 8.48. The molecule has 0 spiro atoms. The Morgan fingerprint density at radius 2 is 2.00 bits per heavy atom. The molecule has 1 aromatic heterocycles. The van der Waals surface area contributed by atoms with Gasteiger partial charge in [-0.25, -0.2) is 0 Å². The van der Waals surface area contributed by atoms with Gasteiger partial charge in [0.1, 0.15) is 0 Å². The fourth-order valence-electron chi connectivity index (χ4n) is 5.84. The molecule has 1 aliphatic carbocycles. The van der Waals surface area contributed by atoms with Crippen molar-refractivity contribution in [3.05, 3.63) is 17.0 Å². The number of H-pyrrole nitrogens is 1. The average molecular weight is 416 g/mol. The SMILES string of the molecule is Cl.Cl.O=C(NC[C@H]1[C@@H]2CNC[C@@H](C2)[C@@H]2CCCCN21)c1n[nH]c2c1CCC2. The third kappa shape index (κ3) is 3.74. The molecule has 1 amide bonds. The molecule has 2 bridgehead atoms. The largest absolute Gasteiger partial charge is 0.349 e. The van der Waals surface area contributed by atoms with E-state index in [2.05, 4.69) is 25.7 Å². The molecule has 0 radical (unpaired) electrons. The number of aromatic nitrogens is 2. The summed E-state index contributed by atoms with van der Waals surface area (Å²) >= 11 is 0. The molecule has 3 fully saturated rings. The van der Waals surface area contributed by atoms with Crippen LogP contribution in [0.25, 0.3) is 0 Å². The number of hydrogen-bond acceptors (Lipinski definition) is 4. The Bertz CT molecular complexity index is 667.